The number of aromatic amines is 1. The van der Waals surface area contributed by atoms with Crippen LogP contribution in [0.15, 0.2) is 82.5 Å². The van der Waals surface area contributed by atoms with Gasteiger partial charge >= 0.3 is 5.69 Å². The number of rotatable bonds is 10. The molecule has 268 valence electrons. The van der Waals surface area contributed by atoms with Crippen molar-refractivity contribution >= 4 is 51.6 Å². The van der Waals surface area contributed by atoms with Gasteiger partial charge in [-0.3, -0.25) is 14.3 Å². The fraction of sp³-hybridized carbons (Fsp3) is 0.381. The van der Waals surface area contributed by atoms with Crippen LogP contribution in [0.4, 0.5) is 0 Å². The summed E-state index contributed by atoms with van der Waals surface area (Å²) in [6, 6.07) is 23.7. The van der Waals surface area contributed by atoms with Crippen LogP contribution in [0, 0.1) is 11.8 Å². The Balaban J connectivity index is 1.16. The highest BCUT2D eigenvalue weighted by molar-refractivity contribution is 7.44. The number of aromatic nitrogens is 2. The zero-order valence-corrected chi connectivity index (χ0v) is 31.3. The van der Waals surface area contributed by atoms with E-state index in [1.165, 1.54) is 32.3 Å². The highest BCUT2D eigenvalue weighted by atomic mass is 31.2. The molecule has 2 unspecified atom stereocenters. The molecule has 9 nitrogen and oxygen atoms in total. The molecule has 5 atom stereocenters. The van der Waals surface area contributed by atoms with Crippen molar-refractivity contribution in [3.05, 3.63) is 105 Å². The van der Waals surface area contributed by atoms with Gasteiger partial charge in [0.1, 0.15) is 23.4 Å². The molecule has 6 aromatic rings. The number of hydrogen-bond acceptors (Lipinski definition) is 7. The molecular weight excluding hydrogens is 673 g/mol. The SMILES string of the molecule is CCCOP(O[C@H]1C2OC[C@@]1(CC)O[C@H]2n1cc(C#Cc2ccc3c4cccc5cccc(c6cccc2c63)c54)c(=O)[nH]c1=O)N(C(C)C)C(C)C. The number of fused-ring (bicyclic) bond motifs is 4. The molecule has 10 heteroatoms. The third kappa shape index (κ3) is 5.65. The lowest BCUT2D eigenvalue weighted by Gasteiger charge is -2.38. The fourth-order valence-electron chi connectivity index (χ4n) is 8.15. The minimum atomic E-state index is -1.44. The zero-order chi connectivity index (χ0) is 36.3. The molecule has 2 fully saturated rings. The molecule has 0 spiro atoms. The van der Waals surface area contributed by atoms with Gasteiger partial charge in [0.05, 0.1) is 13.2 Å². The summed E-state index contributed by atoms with van der Waals surface area (Å²) in [4.78, 5) is 29.1. The highest BCUT2D eigenvalue weighted by Crippen LogP contribution is 2.56. The maximum atomic E-state index is 13.4. The van der Waals surface area contributed by atoms with Crippen LogP contribution in [0.3, 0.4) is 0 Å². The first-order valence-electron chi connectivity index (χ1n) is 18.3. The number of ether oxygens (including phenoxy) is 2. The molecule has 2 aliphatic heterocycles. The zero-order valence-electron chi connectivity index (χ0n) is 30.4. The molecule has 1 aromatic heterocycles. The first-order chi connectivity index (χ1) is 25.2. The molecular formula is C42H44N3O6P. The van der Waals surface area contributed by atoms with E-state index in [0.29, 0.717) is 19.6 Å². The molecule has 3 heterocycles. The predicted molar refractivity (Wildman–Crippen MR) is 208 cm³/mol. The quantitative estimate of drug-likeness (QED) is 0.0661. The summed E-state index contributed by atoms with van der Waals surface area (Å²) >= 11 is 0. The van der Waals surface area contributed by atoms with Gasteiger partial charge < -0.3 is 18.5 Å². The van der Waals surface area contributed by atoms with Crippen molar-refractivity contribution in [1.82, 2.24) is 14.2 Å². The van der Waals surface area contributed by atoms with E-state index in [1.54, 1.807) is 0 Å². The van der Waals surface area contributed by atoms with Crippen LogP contribution in [-0.4, -0.2) is 57.3 Å². The predicted octanol–water partition coefficient (Wildman–Crippen LogP) is 8.22. The third-order valence-corrected chi connectivity index (χ3v) is 12.6. The summed E-state index contributed by atoms with van der Waals surface area (Å²) in [7, 11) is -1.44. The Morgan fingerprint density at radius 1 is 0.885 bits per heavy atom. The molecule has 0 saturated carbocycles. The topological polar surface area (TPSA) is 95.0 Å². The number of nitrogens with one attached hydrogen (secondary N) is 1. The van der Waals surface area contributed by atoms with Crippen LogP contribution in [0.5, 0.6) is 0 Å². The average Bonchev–Trinajstić information content (AvgIpc) is 3.64. The van der Waals surface area contributed by atoms with Crippen LogP contribution >= 0.6 is 8.53 Å². The van der Waals surface area contributed by atoms with E-state index in [-0.39, 0.29) is 17.6 Å². The fourth-order valence-corrected chi connectivity index (χ4v) is 10.1. The Kier molecular flexibility index (Phi) is 9.20. The first-order valence-corrected chi connectivity index (χ1v) is 19.4. The van der Waals surface area contributed by atoms with Gasteiger partial charge in [0.25, 0.3) is 14.1 Å². The second-order valence-electron chi connectivity index (χ2n) is 14.4. The average molecular weight is 718 g/mol. The van der Waals surface area contributed by atoms with Crippen molar-refractivity contribution in [2.24, 2.45) is 0 Å². The van der Waals surface area contributed by atoms with Gasteiger partial charge in [0.2, 0.25) is 0 Å². The van der Waals surface area contributed by atoms with Crippen molar-refractivity contribution in [2.75, 3.05) is 13.2 Å². The maximum absolute atomic E-state index is 13.4. The molecule has 5 aromatic carbocycles. The third-order valence-electron chi connectivity index (χ3n) is 10.5. The molecule has 52 heavy (non-hydrogen) atoms. The van der Waals surface area contributed by atoms with Gasteiger partial charge in [-0.2, -0.15) is 0 Å². The van der Waals surface area contributed by atoms with Crippen LogP contribution in [0.2, 0.25) is 0 Å². The highest BCUT2D eigenvalue weighted by Gasteiger charge is 2.63. The Labute approximate surface area is 304 Å². The van der Waals surface area contributed by atoms with Gasteiger partial charge in [-0.25, -0.2) is 9.46 Å². The second-order valence-corrected chi connectivity index (χ2v) is 15.8. The lowest BCUT2D eigenvalue weighted by molar-refractivity contribution is -0.175. The van der Waals surface area contributed by atoms with Crippen LogP contribution in [-0.2, 0) is 18.5 Å². The van der Waals surface area contributed by atoms with E-state index in [2.05, 4.69) is 117 Å². The molecule has 2 bridgehead atoms. The first kappa shape index (κ1) is 34.9. The molecule has 2 aliphatic rings. The van der Waals surface area contributed by atoms with E-state index < -0.39 is 43.8 Å². The lowest BCUT2D eigenvalue weighted by Crippen LogP contribution is -2.43. The van der Waals surface area contributed by atoms with E-state index >= 15 is 0 Å². The van der Waals surface area contributed by atoms with Crippen LogP contribution in [0.25, 0.3) is 43.1 Å². The van der Waals surface area contributed by atoms with Gasteiger partial charge in [-0.1, -0.05) is 86.4 Å². The Morgan fingerprint density at radius 3 is 2.19 bits per heavy atom. The number of H-pyrrole nitrogens is 1. The molecule has 0 amide bonds. The monoisotopic (exact) mass is 717 g/mol. The molecule has 2 saturated heterocycles. The van der Waals surface area contributed by atoms with Gasteiger partial charge in [-0.15, -0.1) is 0 Å². The summed E-state index contributed by atoms with van der Waals surface area (Å²) in [5.74, 6) is 6.37. The molecule has 1 N–H and O–H groups in total. The van der Waals surface area contributed by atoms with Gasteiger partial charge in [0.15, 0.2) is 6.23 Å². The summed E-state index contributed by atoms with van der Waals surface area (Å²) in [6.07, 6.45) is 1.08. The van der Waals surface area contributed by atoms with E-state index in [4.69, 9.17) is 18.5 Å². The Bertz CT molecular complexity index is 2420. The van der Waals surface area contributed by atoms with Crippen molar-refractivity contribution in [3.63, 3.8) is 0 Å². The van der Waals surface area contributed by atoms with Crippen molar-refractivity contribution in [1.29, 1.82) is 0 Å². The standard InChI is InChI=1S/C42H44N3O6P/c1-7-22-49-52(45(25(3)4)26(5)6)51-38-37-40(50-42(38,8-2)24-48-37)44-23-29(39(46)43-41(44)47)19-18-27-20-21-34-32-16-10-13-28-12-9-15-31(35(28)32)33-17-11-14-30(27)36(33)34/h9-17,20-21,23,25-26,37-38,40H,7-8,22,24H2,1-6H3,(H,43,46,47)/t37?,38-,40+,42+,52?/m0/s1. The Morgan fingerprint density at radius 2 is 1.52 bits per heavy atom. The minimum absolute atomic E-state index is 0.156. The van der Waals surface area contributed by atoms with Gasteiger partial charge in [-0.05, 0) is 89.7 Å². The summed E-state index contributed by atoms with van der Waals surface area (Å²) in [5.41, 5.74) is -0.975. The molecule has 0 aliphatic carbocycles. The summed E-state index contributed by atoms with van der Waals surface area (Å²) in [5, 5.41) is 9.33. The lowest BCUT2D eigenvalue weighted by atomic mass is 9.88. The van der Waals surface area contributed by atoms with Crippen molar-refractivity contribution < 1.29 is 18.5 Å². The van der Waals surface area contributed by atoms with Crippen LogP contribution in [0.1, 0.15) is 71.7 Å². The largest absolute Gasteiger partial charge is 0.368 e. The normalized spacial score (nSPS) is 22.1. The van der Waals surface area contributed by atoms with E-state index in [1.807, 2.05) is 13.0 Å². The van der Waals surface area contributed by atoms with Crippen molar-refractivity contribution in [2.45, 2.75) is 90.5 Å². The minimum Gasteiger partial charge on any atom is -0.368 e. The van der Waals surface area contributed by atoms with Crippen molar-refractivity contribution in [3.8, 4) is 11.8 Å². The summed E-state index contributed by atoms with van der Waals surface area (Å²) < 4.78 is 29.8. The number of benzene rings is 5. The maximum Gasteiger partial charge on any atom is 0.330 e. The summed E-state index contributed by atoms with van der Waals surface area (Å²) in [6.45, 7) is 13.5. The smallest absolute Gasteiger partial charge is 0.330 e. The molecule has 8 rings (SSSR count). The molecule has 0 radical (unpaired) electrons. The Hall–Kier alpha value is -4.13. The van der Waals surface area contributed by atoms with E-state index in [0.717, 1.165) is 33.5 Å². The van der Waals surface area contributed by atoms with E-state index in [9.17, 15) is 9.59 Å². The number of hydrogen-bond donors (Lipinski definition) is 1. The number of nitrogens with zero attached hydrogens (tertiary/aromatic N) is 2. The van der Waals surface area contributed by atoms with Gasteiger partial charge in [0, 0.05) is 23.8 Å². The second kappa shape index (κ2) is 13.7. The van der Waals surface area contributed by atoms with Crippen LogP contribution < -0.4 is 11.2 Å².